The van der Waals surface area contributed by atoms with Crippen molar-refractivity contribution in [2.24, 2.45) is 0 Å². The Balaban J connectivity index is 1.95. The molecule has 1 aliphatic heterocycles. The van der Waals surface area contributed by atoms with Crippen LogP contribution in [0.5, 0.6) is 11.5 Å². The van der Waals surface area contributed by atoms with Crippen molar-refractivity contribution in [1.29, 1.82) is 0 Å². The summed E-state index contributed by atoms with van der Waals surface area (Å²) >= 11 is 0. The van der Waals surface area contributed by atoms with Crippen molar-refractivity contribution in [3.8, 4) is 11.5 Å². The Hall–Kier alpha value is -3.06. The van der Waals surface area contributed by atoms with Gasteiger partial charge in [0.05, 0.1) is 36.8 Å². The minimum atomic E-state index is -0.370. The summed E-state index contributed by atoms with van der Waals surface area (Å²) in [7, 11) is 3.00. The number of hydrogen-bond acceptors (Lipinski definition) is 5. The van der Waals surface area contributed by atoms with Crippen LogP contribution in [0.15, 0.2) is 24.3 Å². The predicted octanol–water partition coefficient (Wildman–Crippen LogP) is 3.95. The number of methoxy groups -OCH3 is 2. The fraction of sp³-hybridized carbons (Fsp3) is 0.333. The summed E-state index contributed by atoms with van der Waals surface area (Å²) in [5, 5.41) is 16.4. The zero-order valence-corrected chi connectivity index (χ0v) is 16.4. The Kier molecular flexibility index (Phi) is 4.47. The Labute approximate surface area is 162 Å². The average Bonchev–Trinajstić information content (AvgIpc) is 3.05. The highest BCUT2D eigenvalue weighted by Crippen LogP contribution is 2.42. The molecule has 146 valence electrons. The third-order valence-electron chi connectivity index (χ3n) is 5.43. The van der Waals surface area contributed by atoms with Crippen LogP contribution in [0.4, 0.5) is 5.69 Å². The second-order valence-electron chi connectivity index (χ2n) is 7.18. The van der Waals surface area contributed by atoms with E-state index in [2.05, 4.69) is 36.3 Å². The Bertz CT molecular complexity index is 1090. The Morgan fingerprint density at radius 2 is 1.82 bits per heavy atom. The van der Waals surface area contributed by atoms with E-state index in [1.807, 2.05) is 0 Å². The van der Waals surface area contributed by atoms with E-state index in [9.17, 15) is 10.1 Å². The number of aromatic amines is 1. The highest BCUT2D eigenvalue weighted by molar-refractivity contribution is 5.89. The van der Waals surface area contributed by atoms with Gasteiger partial charge < -0.3 is 19.8 Å². The van der Waals surface area contributed by atoms with Crippen LogP contribution in [0.1, 0.15) is 34.0 Å². The van der Waals surface area contributed by atoms with E-state index >= 15 is 0 Å². The van der Waals surface area contributed by atoms with Crippen molar-refractivity contribution in [2.75, 3.05) is 20.8 Å². The molecule has 0 amide bonds. The largest absolute Gasteiger partial charge is 0.493 e. The van der Waals surface area contributed by atoms with Crippen LogP contribution in [-0.2, 0) is 6.42 Å². The molecular formula is C21H23N3O4. The molecule has 0 bridgehead atoms. The van der Waals surface area contributed by atoms with Crippen molar-refractivity contribution in [3.63, 3.8) is 0 Å². The van der Waals surface area contributed by atoms with Crippen LogP contribution in [0.3, 0.4) is 0 Å². The number of aryl methyl sites for hydroxylation is 2. The molecule has 1 unspecified atom stereocenters. The van der Waals surface area contributed by atoms with E-state index in [1.165, 1.54) is 42.4 Å². The number of hydrogen-bond donors (Lipinski definition) is 2. The second kappa shape index (κ2) is 6.83. The molecule has 0 spiro atoms. The van der Waals surface area contributed by atoms with Crippen molar-refractivity contribution in [2.45, 2.75) is 26.3 Å². The van der Waals surface area contributed by atoms with Gasteiger partial charge in [0.15, 0.2) is 11.5 Å². The number of nitro groups is 1. The number of rotatable bonds is 4. The first-order valence-electron chi connectivity index (χ1n) is 9.20. The Morgan fingerprint density at radius 3 is 2.50 bits per heavy atom. The predicted molar refractivity (Wildman–Crippen MR) is 108 cm³/mol. The minimum Gasteiger partial charge on any atom is -0.493 e. The van der Waals surface area contributed by atoms with Crippen LogP contribution in [-0.4, -0.2) is 30.7 Å². The number of aromatic nitrogens is 1. The van der Waals surface area contributed by atoms with E-state index < -0.39 is 0 Å². The van der Waals surface area contributed by atoms with Gasteiger partial charge in [-0.15, -0.1) is 0 Å². The fourth-order valence-corrected chi connectivity index (χ4v) is 4.31. The van der Waals surface area contributed by atoms with Gasteiger partial charge in [-0.2, -0.15) is 0 Å². The summed E-state index contributed by atoms with van der Waals surface area (Å²) in [5.41, 5.74) is 6.24. The number of nitro benzene ring substituents is 1. The van der Waals surface area contributed by atoms with Crippen molar-refractivity contribution in [1.82, 2.24) is 10.3 Å². The van der Waals surface area contributed by atoms with Gasteiger partial charge in [-0.1, -0.05) is 6.07 Å². The monoisotopic (exact) mass is 381 g/mol. The number of nitrogens with zero attached hydrogens (tertiary/aromatic N) is 1. The molecule has 0 fully saturated rings. The van der Waals surface area contributed by atoms with Gasteiger partial charge in [0.2, 0.25) is 0 Å². The lowest BCUT2D eigenvalue weighted by Gasteiger charge is -2.25. The third kappa shape index (κ3) is 2.79. The molecule has 2 heterocycles. The van der Waals surface area contributed by atoms with Crippen LogP contribution >= 0.6 is 0 Å². The first-order chi connectivity index (χ1) is 13.4. The van der Waals surface area contributed by atoms with Crippen molar-refractivity contribution in [3.05, 3.63) is 62.3 Å². The molecule has 3 aromatic rings. The van der Waals surface area contributed by atoms with Gasteiger partial charge >= 0.3 is 0 Å². The van der Waals surface area contributed by atoms with Crippen LogP contribution in [0.2, 0.25) is 0 Å². The maximum Gasteiger partial charge on any atom is 0.278 e. The Morgan fingerprint density at radius 1 is 1.11 bits per heavy atom. The summed E-state index contributed by atoms with van der Waals surface area (Å²) in [6, 6.07) is 7.11. The highest BCUT2D eigenvalue weighted by Gasteiger charge is 2.32. The molecule has 1 aliphatic rings. The zero-order chi connectivity index (χ0) is 20.0. The lowest BCUT2D eigenvalue weighted by molar-refractivity contribution is -0.385. The number of benzene rings is 2. The van der Waals surface area contributed by atoms with Crippen LogP contribution < -0.4 is 14.8 Å². The molecule has 4 rings (SSSR count). The van der Waals surface area contributed by atoms with Crippen LogP contribution in [0.25, 0.3) is 10.9 Å². The van der Waals surface area contributed by atoms with E-state index in [-0.39, 0.29) is 16.7 Å². The van der Waals surface area contributed by atoms with Crippen LogP contribution in [0, 0.1) is 24.0 Å². The number of fused-ring (bicyclic) bond motifs is 3. The lowest BCUT2D eigenvalue weighted by Crippen LogP contribution is -2.31. The quantitative estimate of drug-likeness (QED) is 0.528. The standard InChI is InChI=1S/C21H23N3O4/c1-11-7-12(2)19-13-5-6-22-20(21(13)23-15(19)8-11)14-9-17(27-3)18(28-4)10-16(14)24(25)26/h7-10,20,22-23H,5-6H2,1-4H3. The molecule has 1 atom stereocenters. The summed E-state index contributed by atoms with van der Waals surface area (Å²) in [5.74, 6) is 0.817. The molecule has 0 saturated carbocycles. The summed E-state index contributed by atoms with van der Waals surface area (Å²) in [4.78, 5) is 14.9. The average molecular weight is 381 g/mol. The molecule has 1 aromatic heterocycles. The van der Waals surface area contributed by atoms with Gasteiger partial charge in [0.25, 0.3) is 5.69 Å². The SMILES string of the molecule is COc1cc(C2NCCc3c2[nH]c2cc(C)cc(C)c32)c([N+](=O)[O-])cc1OC. The lowest BCUT2D eigenvalue weighted by atomic mass is 9.92. The van der Waals surface area contributed by atoms with Gasteiger partial charge in [0, 0.05) is 23.1 Å². The maximum absolute atomic E-state index is 11.8. The fourth-order valence-electron chi connectivity index (χ4n) is 4.31. The molecule has 7 heteroatoms. The summed E-state index contributed by atoms with van der Waals surface area (Å²) < 4.78 is 10.7. The molecular weight excluding hydrogens is 358 g/mol. The molecule has 2 N–H and O–H groups in total. The summed E-state index contributed by atoms with van der Waals surface area (Å²) in [6.07, 6.45) is 0.872. The smallest absolute Gasteiger partial charge is 0.278 e. The highest BCUT2D eigenvalue weighted by atomic mass is 16.6. The molecule has 28 heavy (non-hydrogen) atoms. The molecule has 0 radical (unpaired) electrons. The summed E-state index contributed by atoms with van der Waals surface area (Å²) in [6.45, 7) is 4.92. The number of ether oxygens (including phenoxy) is 2. The van der Waals surface area contributed by atoms with E-state index in [0.29, 0.717) is 17.1 Å². The maximum atomic E-state index is 11.8. The number of H-pyrrole nitrogens is 1. The topological polar surface area (TPSA) is 89.4 Å². The van der Waals surface area contributed by atoms with Crippen molar-refractivity contribution < 1.29 is 14.4 Å². The number of nitrogens with one attached hydrogen (secondary N) is 2. The third-order valence-corrected chi connectivity index (χ3v) is 5.43. The van der Waals surface area contributed by atoms with E-state index in [0.717, 1.165) is 24.2 Å². The molecule has 0 aliphatic carbocycles. The van der Waals surface area contributed by atoms with Gasteiger partial charge in [-0.3, -0.25) is 10.1 Å². The normalized spacial score (nSPS) is 16.1. The molecule has 2 aromatic carbocycles. The second-order valence-corrected chi connectivity index (χ2v) is 7.18. The van der Waals surface area contributed by atoms with Crippen molar-refractivity contribution >= 4 is 16.6 Å². The van der Waals surface area contributed by atoms with Gasteiger partial charge in [-0.05, 0) is 49.1 Å². The minimum absolute atomic E-state index is 0.00885. The van der Waals surface area contributed by atoms with Gasteiger partial charge in [0.1, 0.15) is 0 Å². The van der Waals surface area contributed by atoms with E-state index in [4.69, 9.17) is 9.47 Å². The first-order valence-corrected chi connectivity index (χ1v) is 9.20. The zero-order valence-electron chi connectivity index (χ0n) is 16.4. The molecule has 0 saturated heterocycles. The first kappa shape index (κ1) is 18.3. The molecule has 7 nitrogen and oxygen atoms in total. The van der Waals surface area contributed by atoms with E-state index in [1.54, 1.807) is 6.07 Å². The van der Waals surface area contributed by atoms with Gasteiger partial charge in [-0.25, -0.2) is 0 Å².